The van der Waals surface area contributed by atoms with Crippen molar-refractivity contribution in [3.05, 3.63) is 29.8 Å². The predicted molar refractivity (Wildman–Crippen MR) is 83.7 cm³/mol. The number of hydrogen-bond donors (Lipinski definition) is 1. The van der Waals surface area contributed by atoms with E-state index in [-0.39, 0.29) is 0 Å². The summed E-state index contributed by atoms with van der Waals surface area (Å²) in [6, 6.07) is 9.07. The highest BCUT2D eigenvalue weighted by Crippen LogP contribution is 2.25. The van der Waals surface area contributed by atoms with Crippen LogP contribution in [-0.4, -0.2) is 20.1 Å². The van der Waals surface area contributed by atoms with E-state index in [1.54, 1.807) is 0 Å². The van der Waals surface area contributed by atoms with Crippen LogP contribution in [0.2, 0.25) is 0 Å². The van der Waals surface area contributed by atoms with Crippen molar-refractivity contribution in [2.45, 2.75) is 45.6 Å². The second-order valence-electron chi connectivity index (χ2n) is 5.77. The third-order valence-corrected chi connectivity index (χ3v) is 4.23. The Labute approximate surface area is 118 Å². The Morgan fingerprint density at radius 1 is 1.16 bits per heavy atom. The lowest BCUT2D eigenvalue weighted by Gasteiger charge is -2.23. The van der Waals surface area contributed by atoms with Crippen LogP contribution in [0.3, 0.4) is 0 Å². The van der Waals surface area contributed by atoms with Gasteiger partial charge in [-0.2, -0.15) is 0 Å². The van der Waals surface area contributed by atoms with Crippen LogP contribution in [0.5, 0.6) is 0 Å². The van der Waals surface area contributed by atoms with Crippen molar-refractivity contribution < 1.29 is 0 Å². The Kier molecular flexibility index (Phi) is 5.71. The van der Waals surface area contributed by atoms with Crippen LogP contribution in [0.25, 0.3) is 0 Å². The van der Waals surface area contributed by atoms with Gasteiger partial charge in [0.05, 0.1) is 0 Å². The molecule has 106 valence electrons. The molecule has 0 bridgehead atoms. The molecule has 19 heavy (non-hydrogen) atoms. The molecule has 0 aromatic heterocycles. The van der Waals surface area contributed by atoms with E-state index in [2.05, 4.69) is 41.4 Å². The van der Waals surface area contributed by atoms with Gasteiger partial charge in [0, 0.05) is 25.3 Å². The van der Waals surface area contributed by atoms with Crippen molar-refractivity contribution in [1.29, 1.82) is 0 Å². The van der Waals surface area contributed by atoms with E-state index in [9.17, 15) is 0 Å². The zero-order valence-electron chi connectivity index (χ0n) is 12.5. The molecule has 2 nitrogen and oxygen atoms in total. The smallest absolute Gasteiger partial charge is 0.0366 e. The topological polar surface area (TPSA) is 15.3 Å². The fourth-order valence-electron chi connectivity index (χ4n) is 3.15. The summed E-state index contributed by atoms with van der Waals surface area (Å²) in [7, 11) is 2.00. The molecule has 1 aliphatic rings. The predicted octanol–water partition coefficient (Wildman–Crippen LogP) is 3.81. The van der Waals surface area contributed by atoms with Crippen LogP contribution in [-0.2, 0) is 6.54 Å². The quantitative estimate of drug-likeness (QED) is 0.866. The second-order valence-corrected chi connectivity index (χ2v) is 5.77. The summed E-state index contributed by atoms with van der Waals surface area (Å²) in [6.07, 6.45) is 6.88. The Morgan fingerprint density at radius 3 is 2.63 bits per heavy atom. The number of rotatable bonds is 5. The van der Waals surface area contributed by atoms with Crippen LogP contribution >= 0.6 is 0 Å². The van der Waals surface area contributed by atoms with Gasteiger partial charge >= 0.3 is 0 Å². The molecule has 2 heteroatoms. The van der Waals surface area contributed by atoms with E-state index < -0.39 is 0 Å². The minimum atomic E-state index is 0.957. The first-order valence-electron chi connectivity index (χ1n) is 7.82. The van der Waals surface area contributed by atoms with Crippen molar-refractivity contribution in [1.82, 2.24) is 5.32 Å². The third-order valence-electron chi connectivity index (χ3n) is 4.23. The van der Waals surface area contributed by atoms with Gasteiger partial charge in [-0.05, 0) is 49.9 Å². The lowest BCUT2D eigenvalue weighted by atomic mass is 9.96. The van der Waals surface area contributed by atoms with Crippen LogP contribution in [0.15, 0.2) is 24.3 Å². The fourth-order valence-corrected chi connectivity index (χ4v) is 3.15. The summed E-state index contributed by atoms with van der Waals surface area (Å²) >= 11 is 0. The van der Waals surface area contributed by atoms with Crippen LogP contribution < -0.4 is 10.2 Å². The van der Waals surface area contributed by atoms with Gasteiger partial charge in [0.1, 0.15) is 0 Å². The van der Waals surface area contributed by atoms with E-state index in [0.717, 1.165) is 12.5 Å². The maximum absolute atomic E-state index is 3.20. The van der Waals surface area contributed by atoms with Gasteiger partial charge in [-0.15, -0.1) is 0 Å². The molecule has 1 N–H and O–H groups in total. The van der Waals surface area contributed by atoms with E-state index >= 15 is 0 Å². The summed E-state index contributed by atoms with van der Waals surface area (Å²) in [5, 5.41) is 3.20. The Morgan fingerprint density at radius 2 is 1.95 bits per heavy atom. The molecule has 1 heterocycles. The maximum atomic E-state index is 3.20. The Hall–Kier alpha value is -1.02. The van der Waals surface area contributed by atoms with Gasteiger partial charge in [0.2, 0.25) is 0 Å². The standard InChI is InChI=1S/C17H28N2/c1-3-5-15-6-4-12-19(13-11-15)17-9-7-16(8-10-17)14-18-2/h7-10,15,18H,3-6,11-14H2,1-2H3. The molecule has 1 fully saturated rings. The number of hydrogen-bond acceptors (Lipinski definition) is 2. The lowest BCUT2D eigenvalue weighted by Crippen LogP contribution is -2.24. The van der Waals surface area contributed by atoms with Gasteiger partial charge in [0.15, 0.2) is 0 Å². The average molecular weight is 260 g/mol. The normalized spacial score (nSPS) is 20.3. The fraction of sp³-hybridized carbons (Fsp3) is 0.647. The second kappa shape index (κ2) is 7.54. The van der Waals surface area contributed by atoms with Gasteiger partial charge in [0.25, 0.3) is 0 Å². The third kappa shape index (κ3) is 4.24. The number of benzene rings is 1. The average Bonchev–Trinajstić information content (AvgIpc) is 2.66. The molecular formula is C17H28N2. The summed E-state index contributed by atoms with van der Waals surface area (Å²) < 4.78 is 0. The molecule has 1 aliphatic heterocycles. The van der Waals surface area contributed by atoms with Crippen molar-refractivity contribution in [3.8, 4) is 0 Å². The monoisotopic (exact) mass is 260 g/mol. The van der Waals surface area contributed by atoms with E-state index in [0.29, 0.717) is 0 Å². The number of nitrogens with zero attached hydrogens (tertiary/aromatic N) is 1. The molecule has 0 spiro atoms. The summed E-state index contributed by atoms with van der Waals surface area (Å²) in [4.78, 5) is 2.57. The largest absolute Gasteiger partial charge is 0.372 e. The molecule has 0 saturated carbocycles. The molecule has 0 amide bonds. The van der Waals surface area contributed by atoms with Crippen molar-refractivity contribution in [2.24, 2.45) is 5.92 Å². The number of nitrogens with one attached hydrogen (secondary N) is 1. The van der Waals surface area contributed by atoms with Crippen molar-refractivity contribution >= 4 is 5.69 Å². The molecule has 1 unspecified atom stereocenters. The number of anilines is 1. The van der Waals surface area contributed by atoms with Crippen LogP contribution in [0.4, 0.5) is 5.69 Å². The van der Waals surface area contributed by atoms with Gasteiger partial charge in [-0.25, -0.2) is 0 Å². The highest BCUT2D eigenvalue weighted by Gasteiger charge is 2.16. The lowest BCUT2D eigenvalue weighted by molar-refractivity contribution is 0.435. The van der Waals surface area contributed by atoms with Gasteiger partial charge < -0.3 is 10.2 Å². The van der Waals surface area contributed by atoms with E-state index in [4.69, 9.17) is 0 Å². The Bertz CT molecular complexity index is 358. The van der Waals surface area contributed by atoms with E-state index in [1.807, 2.05) is 7.05 Å². The van der Waals surface area contributed by atoms with Gasteiger partial charge in [-0.3, -0.25) is 0 Å². The van der Waals surface area contributed by atoms with Crippen LogP contribution in [0, 0.1) is 5.92 Å². The first-order chi connectivity index (χ1) is 9.33. The van der Waals surface area contributed by atoms with Crippen molar-refractivity contribution in [2.75, 3.05) is 25.0 Å². The molecular weight excluding hydrogens is 232 g/mol. The highest BCUT2D eigenvalue weighted by atomic mass is 15.1. The summed E-state index contributed by atoms with van der Waals surface area (Å²) in [6.45, 7) is 5.73. The van der Waals surface area contributed by atoms with Gasteiger partial charge in [-0.1, -0.05) is 31.9 Å². The highest BCUT2D eigenvalue weighted by molar-refractivity contribution is 5.47. The summed E-state index contributed by atoms with van der Waals surface area (Å²) in [5.41, 5.74) is 2.77. The maximum Gasteiger partial charge on any atom is 0.0366 e. The summed E-state index contributed by atoms with van der Waals surface area (Å²) in [5.74, 6) is 0.957. The SMILES string of the molecule is CCCC1CCCN(c2ccc(CNC)cc2)CC1. The van der Waals surface area contributed by atoms with Crippen molar-refractivity contribution in [3.63, 3.8) is 0 Å². The molecule has 0 radical (unpaired) electrons. The molecule has 1 atom stereocenters. The molecule has 1 aromatic rings. The minimum Gasteiger partial charge on any atom is -0.372 e. The minimum absolute atomic E-state index is 0.957. The first kappa shape index (κ1) is 14.4. The molecule has 1 aromatic carbocycles. The molecule has 1 saturated heterocycles. The zero-order chi connectivity index (χ0) is 13.5. The molecule has 2 rings (SSSR count). The van der Waals surface area contributed by atoms with E-state index in [1.165, 1.54) is 56.4 Å². The first-order valence-corrected chi connectivity index (χ1v) is 7.82. The van der Waals surface area contributed by atoms with Crippen LogP contribution in [0.1, 0.15) is 44.6 Å². The molecule has 0 aliphatic carbocycles. The Balaban J connectivity index is 1.93. The zero-order valence-corrected chi connectivity index (χ0v) is 12.5.